The molecule has 5 nitrogen and oxygen atoms in total. The molecule has 2 aromatic carbocycles. The zero-order valence-corrected chi connectivity index (χ0v) is 10.5. The van der Waals surface area contributed by atoms with E-state index in [4.69, 9.17) is 14.9 Å². The van der Waals surface area contributed by atoms with Crippen molar-refractivity contribution in [2.45, 2.75) is 6.92 Å². The van der Waals surface area contributed by atoms with Crippen molar-refractivity contribution in [3.8, 4) is 0 Å². The maximum atomic E-state index is 11.3. The van der Waals surface area contributed by atoms with Crippen LogP contribution in [0.15, 0.2) is 42.5 Å². The van der Waals surface area contributed by atoms with Gasteiger partial charge in [0.2, 0.25) is 6.08 Å². The molecule has 0 aliphatic rings. The van der Waals surface area contributed by atoms with Crippen LogP contribution in [0, 0.1) is 5.41 Å². The summed E-state index contributed by atoms with van der Waals surface area (Å²) in [5, 5.41) is 10.2. The molecule has 2 N–H and O–H groups in total. The number of anilines is 1. The third-order valence-corrected chi connectivity index (χ3v) is 2.30. The molecule has 0 spiro atoms. The summed E-state index contributed by atoms with van der Waals surface area (Å²) in [6, 6.07) is 13.7. The fourth-order valence-electron chi connectivity index (χ4n) is 1.61. The van der Waals surface area contributed by atoms with Crippen molar-refractivity contribution in [3.63, 3.8) is 0 Å². The standard InChI is InChI=1S/C13H13NO2.CHNO/c1-2-16-13(15)14-12-9-5-7-10-6-3-4-8-11(10)12;2-1-3/h3-9H,2H2,1H3,(H,14,15);2H. The number of benzene rings is 2. The maximum absolute atomic E-state index is 11.3. The molecule has 19 heavy (non-hydrogen) atoms. The van der Waals surface area contributed by atoms with Crippen LogP contribution in [0.4, 0.5) is 10.5 Å². The summed E-state index contributed by atoms with van der Waals surface area (Å²) < 4.78 is 4.84. The van der Waals surface area contributed by atoms with Crippen molar-refractivity contribution < 1.29 is 14.3 Å². The first-order chi connectivity index (χ1) is 9.22. The number of ether oxygens (including phenoxy) is 1. The number of isocyanates is 1. The summed E-state index contributed by atoms with van der Waals surface area (Å²) in [5.74, 6) is 0. The molecule has 0 aliphatic heterocycles. The lowest BCUT2D eigenvalue weighted by Crippen LogP contribution is -2.13. The Morgan fingerprint density at radius 2 is 1.89 bits per heavy atom. The van der Waals surface area contributed by atoms with Crippen molar-refractivity contribution in [3.05, 3.63) is 42.5 Å². The first kappa shape index (κ1) is 14.4. The first-order valence-electron chi connectivity index (χ1n) is 5.68. The smallest absolute Gasteiger partial charge is 0.411 e. The highest BCUT2D eigenvalue weighted by Crippen LogP contribution is 2.22. The molecule has 0 bridgehead atoms. The van der Waals surface area contributed by atoms with Crippen LogP contribution in [-0.4, -0.2) is 18.8 Å². The quantitative estimate of drug-likeness (QED) is 0.640. The van der Waals surface area contributed by atoms with Crippen LogP contribution >= 0.6 is 0 Å². The predicted octanol–water partition coefficient (Wildman–Crippen LogP) is 3.31. The second-order valence-corrected chi connectivity index (χ2v) is 3.47. The number of amides is 1. The Morgan fingerprint density at radius 1 is 1.26 bits per heavy atom. The van der Waals surface area contributed by atoms with Gasteiger partial charge in [0.25, 0.3) is 0 Å². The van der Waals surface area contributed by atoms with Gasteiger partial charge in [-0.15, -0.1) is 0 Å². The van der Waals surface area contributed by atoms with Gasteiger partial charge in [0.05, 0.1) is 12.3 Å². The van der Waals surface area contributed by atoms with Crippen LogP contribution in [0.25, 0.3) is 10.8 Å². The number of hydrogen-bond acceptors (Lipinski definition) is 4. The van der Waals surface area contributed by atoms with E-state index >= 15 is 0 Å². The van der Waals surface area contributed by atoms with Crippen LogP contribution in [0.1, 0.15) is 6.92 Å². The van der Waals surface area contributed by atoms with Gasteiger partial charge in [0.1, 0.15) is 0 Å². The van der Waals surface area contributed by atoms with Gasteiger partial charge in [-0.25, -0.2) is 15.0 Å². The van der Waals surface area contributed by atoms with Crippen LogP contribution in [-0.2, 0) is 9.53 Å². The molecule has 0 fully saturated rings. The predicted molar refractivity (Wildman–Crippen MR) is 73.0 cm³/mol. The van der Waals surface area contributed by atoms with Crippen molar-refractivity contribution in [2.24, 2.45) is 0 Å². The average molecular weight is 258 g/mol. The molecular weight excluding hydrogens is 244 g/mol. The number of rotatable bonds is 2. The van der Waals surface area contributed by atoms with Crippen LogP contribution in [0.3, 0.4) is 0 Å². The number of hydrogen-bond donors (Lipinski definition) is 2. The topological polar surface area (TPSA) is 79.2 Å². The summed E-state index contributed by atoms with van der Waals surface area (Å²) in [5.41, 5.74) is 0.775. The molecule has 0 radical (unpaired) electrons. The van der Waals surface area contributed by atoms with E-state index in [9.17, 15) is 4.79 Å². The molecule has 2 rings (SSSR count). The van der Waals surface area contributed by atoms with E-state index in [2.05, 4.69) is 5.32 Å². The Hall–Kier alpha value is -2.65. The third kappa shape index (κ3) is 4.26. The molecular formula is C14H14N2O3. The van der Waals surface area contributed by atoms with Crippen molar-refractivity contribution in [1.29, 1.82) is 5.41 Å². The Morgan fingerprint density at radius 3 is 2.58 bits per heavy atom. The van der Waals surface area contributed by atoms with Crippen LogP contribution in [0.5, 0.6) is 0 Å². The van der Waals surface area contributed by atoms with Crippen molar-refractivity contribution >= 4 is 28.6 Å². The van der Waals surface area contributed by atoms with Gasteiger partial charge in [-0.05, 0) is 18.4 Å². The highest BCUT2D eigenvalue weighted by Gasteiger charge is 2.04. The van der Waals surface area contributed by atoms with Gasteiger partial charge in [0, 0.05) is 5.39 Å². The lowest BCUT2D eigenvalue weighted by Gasteiger charge is -2.08. The number of fused-ring (bicyclic) bond motifs is 1. The largest absolute Gasteiger partial charge is 0.450 e. The van der Waals surface area contributed by atoms with Gasteiger partial charge in [-0.2, -0.15) is 0 Å². The molecule has 2 aromatic rings. The van der Waals surface area contributed by atoms with Gasteiger partial charge < -0.3 is 4.74 Å². The second kappa shape index (κ2) is 7.63. The van der Waals surface area contributed by atoms with E-state index in [0.717, 1.165) is 22.5 Å². The fraction of sp³-hybridized carbons (Fsp3) is 0.143. The van der Waals surface area contributed by atoms with Crippen LogP contribution in [0.2, 0.25) is 0 Å². The normalized spacial score (nSPS) is 8.89. The van der Waals surface area contributed by atoms with E-state index < -0.39 is 6.09 Å². The first-order valence-corrected chi connectivity index (χ1v) is 5.68. The lowest BCUT2D eigenvalue weighted by molar-refractivity contribution is 0.168. The lowest BCUT2D eigenvalue weighted by atomic mass is 10.1. The number of nitrogens with one attached hydrogen (secondary N) is 2. The Balaban J connectivity index is 0.000000550. The zero-order valence-electron chi connectivity index (χ0n) is 10.5. The minimum Gasteiger partial charge on any atom is -0.450 e. The number of carbonyl (C=O) groups is 1. The summed E-state index contributed by atoms with van der Waals surface area (Å²) in [7, 11) is 0. The van der Waals surface area contributed by atoms with E-state index in [1.54, 1.807) is 6.92 Å². The molecule has 1 amide bonds. The molecule has 98 valence electrons. The SMILES string of the molecule is CCOC(=O)Nc1cccc2ccccc12.N=C=O. The number of carbonyl (C=O) groups excluding carboxylic acids is 2. The minimum atomic E-state index is -0.418. The fourth-order valence-corrected chi connectivity index (χ4v) is 1.61. The minimum absolute atomic E-state index is 0.372. The Labute approximate surface area is 110 Å². The molecule has 0 saturated heterocycles. The average Bonchev–Trinajstić information content (AvgIpc) is 2.40. The summed E-state index contributed by atoms with van der Waals surface area (Å²) in [6.45, 7) is 2.15. The van der Waals surface area contributed by atoms with Gasteiger partial charge in [0.15, 0.2) is 0 Å². The van der Waals surface area contributed by atoms with Crippen molar-refractivity contribution in [1.82, 2.24) is 0 Å². The summed E-state index contributed by atoms with van der Waals surface area (Å²) in [4.78, 5) is 19.7. The molecule has 0 aromatic heterocycles. The van der Waals surface area contributed by atoms with Crippen LogP contribution < -0.4 is 5.32 Å². The van der Waals surface area contributed by atoms with E-state index in [1.165, 1.54) is 0 Å². The van der Waals surface area contributed by atoms with Gasteiger partial charge in [-0.3, -0.25) is 5.32 Å². The van der Waals surface area contributed by atoms with Gasteiger partial charge >= 0.3 is 6.09 Å². The van der Waals surface area contributed by atoms with E-state index in [0.29, 0.717) is 6.61 Å². The summed E-state index contributed by atoms with van der Waals surface area (Å²) >= 11 is 0. The molecule has 0 saturated carbocycles. The molecule has 5 heteroatoms. The van der Waals surface area contributed by atoms with E-state index in [-0.39, 0.29) is 0 Å². The Bertz CT molecular complexity index is 585. The van der Waals surface area contributed by atoms with Gasteiger partial charge in [-0.1, -0.05) is 36.4 Å². The monoisotopic (exact) mass is 258 g/mol. The Kier molecular flexibility index (Phi) is 5.79. The molecule has 0 heterocycles. The van der Waals surface area contributed by atoms with E-state index in [1.807, 2.05) is 42.5 Å². The zero-order chi connectivity index (χ0) is 14.1. The highest BCUT2D eigenvalue weighted by atomic mass is 16.5. The van der Waals surface area contributed by atoms with Crippen molar-refractivity contribution in [2.75, 3.05) is 11.9 Å². The highest BCUT2D eigenvalue weighted by molar-refractivity contribution is 6.00. The maximum Gasteiger partial charge on any atom is 0.411 e. The molecule has 0 atom stereocenters. The third-order valence-electron chi connectivity index (χ3n) is 2.30. The summed E-state index contributed by atoms with van der Waals surface area (Å²) in [6.07, 6.45) is 0.332. The second-order valence-electron chi connectivity index (χ2n) is 3.47. The molecule has 0 aliphatic carbocycles. The molecule has 0 unspecified atom stereocenters.